The quantitative estimate of drug-likeness (QED) is 0.707. The molecule has 11 heavy (non-hydrogen) atoms. The van der Waals surface area contributed by atoms with E-state index in [4.69, 9.17) is 5.11 Å². The SMILES string of the molecule is O=C(O)CC=Cc1cnoc1. The second-order valence-corrected chi connectivity index (χ2v) is 1.96. The van der Waals surface area contributed by atoms with Crippen molar-refractivity contribution in [1.29, 1.82) is 0 Å². The third-order valence-corrected chi connectivity index (χ3v) is 1.05. The summed E-state index contributed by atoms with van der Waals surface area (Å²) in [6.45, 7) is 0. The van der Waals surface area contributed by atoms with Crippen molar-refractivity contribution in [2.45, 2.75) is 6.42 Å². The van der Waals surface area contributed by atoms with Crippen molar-refractivity contribution in [1.82, 2.24) is 5.16 Å². The van der Waals surface area contributed by atoms with E-state index >= 15 is 0 Å². The van der Waals surface area contributed by atoms with Crippen LogP contribution in [0.4, 0.5) is 0 Å². The number of carboxylic acid groups (broad SMARTS) is 1. The number of aromatic nitrogens is 1. The Morgan fingerprint density at radius 1 is 1.82 bits per heavy atom. The number of carboxylic acids is 1. The number of nitrogens with zero attached hydrogens (tertiary/aromatic N) is 1. The van der Waals surface area contributed by atoms with Crippen LogP contribution >= 0.6 is 0 Å². The average Bonchev–Trinajstić information content (AvgIpc) is 2.39. The molecule has 0 saturated heterocycles. The second kappa shape index (κ2) is 3.55. The monoisotopic (exact) mass is 153 g/mol. The highest BCUT2D eigenvalue weighted by Gasteiger charge is 1.91. The Labute approximate surface area is 63.1 Å². The molecule has 0 aliphatic rings. The minimum Gasteiger partial charge on any atom is -0.481 e. The Morgan fingerprint density at radius 3 is 3.18 bits per heavy atom. The lowest BCUT2D eigenvalue weighted by Gasteiger charge is -1.81. The van der Waals surface area contributed by atoms with E-state index in [1.165, 1.54) is 18.5 Å². The van der Waals surface area contributed by atoms with Crippen molar-refractivity contribution < 1.29 is 14.4 Å². The fraction of sp³-hybridized carbons (Fsp3) is 0.143. The Bertz CT molecular complexity index is 251. The number of carbonyl (C=O) groups is 1. The molecule has 0 aromatic carbocycles. The van der Waals surface area contributed by atoms with Gasteiger partial charge in [-0.3, -0.25) is 4.79 Å². The molecule has 1 N–H and O–H groups in total. The van der Waals surface area contributed by atoms with Gasteiger partial charge in [0.05, 0.1) is 12.6 Å². The molecular formula is C7H7NO3. The van der Waals surface area contributed by atoms with Crippen molar-refractivity contribution in [3.05, 3.63) is 24.1 Å². The van der Waals surface area contributed by atoms with Crippen LogP contribution in [-0.4, -0.2) is 16.2 Å². The van der Waals surface area contributed by atoms with Gasteiger partial charge < -0.3 is 9.63 Å². The highest BCUT2D eigenvalue weighted by atomic mass is 16.5. The number of hydrogen-bond acceptors (Lipinski definition) is 3. The van der Waals surface area contributed by atoms with Crippen molar-refractivity contribution in [3.8, 4) is 0 Å². The predicted molar refractivity (Wildman–Crippen MR) is 37.8 cm³/mol. The van der Waals surface area contributed by atoms with E-state index in [-0.39, 0.29) is 6.42 Å². The number of hydrogen-bond donors (Lipinski definition) is 1. The maximum Gasteiger partial charge on any atom is 0.307 e. The molecule has 4 heteroatoms. The van der Waals surface area contributed by atoms with Crippen molar-refractivity contribution in [2.24, 2.45) is 0 Å². The highest BCUT2D eigenvalue weighted by molar-refractivity contribution is 5.70. The zero-order valence-corrected chi connectivity index (χ0v) is 5.73. The first-order chi connectivity index (χ1) is 5.29. The van der Waals surface area contributed by atoms with Gasteiger partial charge in [-0.2, -0.15) is 0 Å². The van der Waals surface area contributed by atoms with Gasteiger partial charge in [0.1, 0.15) is 6.26 Å². The highest BCUT2D eigenvalue weighted by Crippen LogP contribution is 1.99. The van der Waals surface area contributed by atoms with Gasteiger partial charge in [-0.15, -0.1) is 0 Å². The summed E-state index contributed by atoms with van der Waals surface area (Å²) in [5.41, 5.74) is 0.770. The fourth-order valence-electron chi connectivity index (χ4n) is 0.591. The minimum absolute atomic E-state index is 0.0190. The van der Waals surface area contributed by atoms with Gasteiger partial charge in [0, 0.05) is 5.56 Å². The van der Waals surface area contributed by atoms with Crippen LogP contribution in [0.3, 0.4) is 0 Å². The molecule has 58 valence electrons. The smallest absolute Gasteiger partial charge is 0.307 e. The van der Waals surface area contributed by atoms with Crippen molar-refractivity contribution in [3.63, 3.8) is 0 Å². The Morgan fingerprint density at radius 2 is 2.64 bits per heavy atom. The van der Waals surface area contributed by atoms with Crippen molar-refractivity contribution in [2.75, 3.05) is 0 Å². The summed E-state index contributed by atoms with van der Waals surface area (Å²) in [7, 11) is 0. The van der Waals surface area contributed by atoms with Gasteiger partial charge in [0.2, 0.25) is 0 Å². The van der Waals surface area contributed by atoms with Crippen LogP contribution in [0.5, 0.6) is 0 Å². The van der Waals surface area contributed by atoms with Crippen LogP contribution in [0.15, 0.2) is 23.1 Å². The summed E-state index contributed by atoms with van der Waals surface area (Å²) < 4.78 is 4.52. The van der Waals surface area contributed by atoms with E-state index in [0.717, 1.165) is 5.56 Å². The van der Waals surface area contributed by atoms with Crippen LogP contribution in [-0.2, 0) is 4.79 Å². The van der Waals surface area contributed by atoms with E-state index in [2.05, 4.69) is 9.68 Å². The molecule has 0 fully saturated rings. The van der Waals surface area contributed by atoms with E-state index in [1.54, 1.807) is 6.08 Å². The molecule has 0 atom stereocenters. The van der Waals surface area contributed by atoms with Crippen LogP contribution in [0, 0.1) is 0 Å². The summed E-state index contributed by atoms with van der Waals surface area (Å²) in [4.78, 5) is 10.0. The molecule has 0 unspecified atom stereocenters. The third kappa shape index (κ3) is 2.66. The molecule has 0 spiro atoms. The van der Waals surface area contributed by atoms with Gasteiger partial charge in [0.15, 0.2) is 0 Å². The molecule has 1 heterocycles. The maximum atomic E-state index is 10.0. The summed E-state index contributed by atoms with van der Waals surface area (Å²) in [5.74, 6) is -0.849. The molecule has 1 aromatic rings. The average molecular weight is 153 g/mol. The van der Waals surface area contributed by atoms with E-state index < -0.39 is 5.97 Å². The minimum atomic E-state index is -0.849. The Balaban J connectivity index is 2.43. The first-order valence-corrected chi connectivity index (χ1v) is 3.07. The van der Waals surface area contributed by atoms with Gasteiger partial charge >= 0.3 is 5.97 Å². The van der Waals surface area contributed by atoms with E-state index in [9.17, 15) is 4.79 Å². The first-order valence-electron chi connectivity index (χ1n) is 3.07. The molecule has 1 aromatic heterocycles. The molecule has 0 radical (unpaired) electrons. The van der Waals surface area contributed by atoms with Crippen LogP contribution in [0.2, 0.25) is 0 Å². The summed E-state index contributed by atoms with van der Waals surface area (Å²) >= 11 is 0. The standard InChI is InChI=1S/C7H7NO3/c9-7(10)3-1-2-6-4-8-11-5-6/h1-2,4-5H,3H2,(H,9,10). The topological polar surface area (TPSA) is 63.3 Å². The molecule has 0 saturated carbocycles. The zero-order valence-electron chi connectivity index (χ0n) is 5.73. The van der Waals surface area contributed by atoms with E-state index in [1.807, 2.05) is 0 Å². The van der Waals surface area contributed by atoms with Gasteiger partial charge in [0.25, 0.3) is 0 Å². The molecule has 0 aliphatic heterocycles. The van der Waals surface area contributed by atoms with E-state index in [0.29, 0.717) is 0 Å². The number of rotatable bonds is 3. The molecule has 1 rings (SSSR count). The lowest BCUT2D eigenvalue weighted by molar-refractivity contribution is -0.135. The lowest BCUT2D eigenvalue weighted by atomic mass is 10.3. The molecular weight excluding hydrogens is 146 g/mol. The van der Waals surface area contributed by atoms with Gasteiger partial charge in [-0.05, 0) is 0 Å². The predicted octanol–water partition coefficient (Wildman–Crippen LogP) is 1.16. The normalized spacial score (nSPS) is 10.5. The molecule has 4 nitrogen and oxygen atoms in total. The van der Waals surface area contributed by atoms with Crippen molar-refractivity contribution >= 4 is 12.0 Å². The third-order valence-electron chi connectivity index (χ3n) is 1.05. The van der Waals surface area contributed by atoms with Crippen LogP contribution < -0.4 is 0 Å². The van der Waals surface area contributed by atoms with Gasteiger partial charge in [-0.1, -0.05) is 17.3 Å². The van der Waals surface area contributed by atoms with Crippen LogP contribution in [0.25, 0.3) is 6.08 Å². The fourth-order valence-corrected chi connectivity index (χ4v) is 0.591. The Hall–Kier alpha value is -1.58. The first kappa shape index (κ1) is 7.53. The largest absolute Gasteiger partial charge is 0.481 e. The summed E-state index contributed by atoms with van der Waals surface area (Å²) in [6.07, 6.45) is 6.15. The van der Waals surface area contributed by atoms with Gasteiger partial charge in [-0.25, -0.2) is 0 Å². The molecule has 0 amide bonds. The Kier molecular flexibility index (Phi) is 2.43. The number of aliphatic carboxylic acids is 1. The molecule has 0 bridgehead atoms. The second-order valence-electron chi connectivity index (χ2n) is 1.96. The summed E-state index contributed by atoms with van der Waals surface area (Å²) in [6, 6.07) is 0. The molecule has 0 aliphatic carbocycles. The zero-order chi connectivity index (χ0) is 8.10. The van der Waals surface area contributed by atoms with Crippen LogP contribution in [0.1, 0.15) is 12.0 Å². The summed E-state index contributed by atoms with van der Waals surface area (Å²) in [5, 5.41) is 11.7. The lowest BCUT2D eigenvalue weighted by Crippen LogP contribution is -1.89. The maximum absolute atomic E-state index is 10.0.